The summed E-state index contributed by atoms with van der Waals surface area (Å²) in [5.41, 5.74) is 0.556. The molecule has 0 aromatic rings. The van der Waals surface area contributed by atoms with Gasteiger partial charge in [-0.25, -0.2) is 0 Å². The lowest BCUT2D eigenvalue weighted by atomic mass is 9.73. The van der Waals surface area contributed by atoms with Crippen LogP contribution in [0.2, 0.25) is 0 Å². The predicted octanol–water partition coefficient (Wildman–Crippen LogP) is 3.29. The highest BCUT2D eigenvalue weighted by molar-refractivity contribution is 5.06. The molecule has 2 nitrogen and oxygen atoms in total. The minimum absolute atomic E-state index is 0.278. The molecule has 6 unspecified atom stereocenters. The van der Waals surface area contributed by atoms with Gasteiger partial charge in [0.05, 0.1) is 23.4 Å². The Hall–Kier alpha value is -0.0800. The average Bonchev–Trinajstić information content (AvgIpc) is 3.10. The van der Waals surface area contributed by atoms with E-state index in [4.69, 9.17) is 9.47 Å². The van der Waals surface area contributed by atoms with E-state index in [1.165, 1.54) is 44.9 Å². The summed E-state index contributed by atoms with van der Waals surface area (Å²) in [6.07, 6.45) is 10.7. The number of rotatable bonds is 2. The lowest BCUT2D eigenvalue weighted by Gasteiger charge is -2.30. The second kappa shape index (κ2) is 3.27. The van der Waals surface area contributed by atoms with Gasteiger partial charge in [0.1, 0.15) is 0 Å². The van der Waals surface area contributed by atoms with Crippen LogP contribution in [0.1, 0.15) is 58.8 Å². The van der Waals surface area contributed by atoms with Crippen molar-refractivity contribution in [2.45, 2.75) is 82.2 Å². The number of ether oxygens (including phenoxy) is 2. The molecule has 2 aliphatic carbocycles. The minimum Gasteiger partial charge on any atom is -0.366 e. The summed E-state index contributed by atoms with van der Waals surface area (Å²) in [7, 11) is 0. The fraction of sp³-hybridized carbons (Fsp3) is 1.00. The van der Waals surface area contributed by atoms with Gasteiger partial charge >= 0.3 is 0 Å². The van der Waals surface area contributed by atoms with Crippen LogP contribution in [0.4, 0.5) is 0 Å². The highest BCUT2D eigenvalue weighted by Gasteiger charge is 2.57. The zero-order chi connectivity index (χ0) is 11.7. The molecule has 96 valence electrons. The lowest BCUT2D eigenvalue weighted by Crippen LogP contribution is -2.28. The first-order valence-electron chi connectivity index (χ1n) is 7.43. The van der Waals surface area contributed by atoms with Crippen molar-refractivity contribution < 1.29 is 9.47 Å². The van der Waals surface area contributed by atoms with Crippen LogP contribution >= 0.6 is 0 Å². The molecule has 2 saturated heterocycles. The third-order valence-electron chi connectivity index (χ3n) is 5.80. The minimum atomic E-state index is 0.278. The molecule has 0 amide bonds. The molecule has 2 saturated carbocycles. The number of fused-ring (bicyclic) bond motifs is 2. The van der Waals surface area contributed by atoms with E-state index in [0.717, 1.165) is 11.8 Å². The second-order valence-electron chi connectivity index (χ2n) is 7.37. The topological polar surface area (TPSA) is 25.1 Å². The van der Waals surface area contributed by atoms with E-state index in [9.17, 15) is 0 Å². The second-order valence-corrected chi connectivity index (χ2v) is 7.37. The van der Waals surface area contributed by atoms with Gasteiger partial charge in [-0.2, -0.15) is 0 Å². The van der Waals surface area contributed by atoms with Gasteiger partial charge in [-0.15, -0.1) is 0 Å². The zero-order valence-corrected chi connectivity index (χ0v) is 11.1. The van der Waals surface area contributed by atoms with Crippen molar-refractivity contribution in [2.75, 3.05) is 0 Å². The quantitative estimate of drug-likeness (QED) is 0.687. The molecule has 4 aliphatic rings. The van der Waals surface area contributed by atoms with Gasteiger partial charge in [-0.3, -0.25) is 0 Å². The molecule has 2 aliphatic heterocycles. The third-order valence-corrected chi connectivity index (χ3v) is 5.80. The molecule has 0 aromatic heterocycles. The van der Waals surface area contributed by atoms with E-state index in [1.807, 2.05) is 0 Å². The molecule has 6 atom stereocenters. The van der Waals surface area contributed by atoms with Crippen molar-refractivity contribution in [3.05, 3.63) is 0 Å². The molecular formula is C15H24O2. The smallest absolute Gasteiger partial charge is 0.0923 e. The first-order valence-corrected chi connectivity index (χ1v) is 7.43. The molecule has 0 spiro atoms. The van der Waals surface area contributed by atoms with Crippen molar-refractivity contribution in [1.29, 1.82) is 0 Å². The third kappa shape index (κ3) is 1.76. The fourth-order valence-electron chi connectivity index (χ4n) is 4.67. The Bertz CT molecular complexity index is 310. The maximum atomic E-state index is 5.81. The van der Waals surface area contributed by atoms with Crippen molar-refractivity contribution in [3.8, 4) is 0 Å². The predicted molar refractivity (Wildman–Crippen MR) is 65.9 cm³/mol. The van der Waals surface area contributed by atoms with Gasteiger partial charge in [-0.1, -0.05) is 0 Å². The number of hydrogen-bond donors (Lipinski definition) is 0. The molecule has 4 rings (SSSR count). The Labute approximate surface area is 104 Å². The van der Waals surface area contributed by atoms with E-state index in [0.29, 0.717) is 12.2 Å². The van der Waals surface area contributed by atoms with Gasteiger partial charge in [0.2, 0.25) is 0 Å². The summed E-state index contributed by atoms with van der Waals surface area (Å²) in [6, 6.07) is 0. The maximum Gasteiger partial charge on any atom is 0.0923 e. The Morgan fingerprint density at radius 2 is 1.29 bits per heavy atom. The van der Waals surface area contributed by atoms with Crippen LogP contribution in [0.5, 0.6) is 0 Å². The van der Waals surface area contributed by atoms with Crippen molar-refractivity contribution in [2.24, 2.45) is 11.8 Å². The molecule has 0 radical (unpaired) electrons. The summed E-state index contributed by atoms with van der Waals surface area (Å²) in [5, 5.41) is 0. The van der Waals surface area contributed by atoms with Crippen LogP contribution in [0, 0.1) is 11.8 Å². The fourth-order valence-corrected chi connectivity index (χ4v) is 4.67. The maximum absolute atomic E-state index is 5.81. The van der Waals surface area contributed by atoms with Crippen molar-refractivity contribution >= 4 is 0 Å². The largest absolute Gasteiger partial charge is 0.366 e. The average molecular weight is 236 g/mol. The summed E-state index contributed by atoms with van der Waals surface area (Å²) < 4.78 is 11.6. The Morgan fingerprint density at radius 3 is 1.71 bits per heavy atom. The Balaban J connectivity index is 1.35. The van der Waals surface area contributed by atoms with Crippen LogP contribution in [0.15, 0.2) is 0 Å². The number of hydrogen-bond acceptors (Lipinski definition) is 2. The first kappa shape index (κ1) is 10.8. The first-order chi connectivity index (χ1) is 8.07. The SMILES string of the molecule is CC12CC(CC3CCC4OC4(C)C3)CCC1O2. The Morgan fingerprint density at radius 1 is 0.824 bits per heavy atom. The zero-order valence-electron chi connectivity index (χ0n) is 11.1. The van der Waals surface area contributed by atoms with E-state index in [-0.39, 0.29) is 11.2 Å². The standard InChI is InChI=1S/C15H24O2/c1-14-8-10(3-5-12(14)16-14)7-11-4-6-13-15(2,9-11)17-13/h10-13H,3-9H2,1-2H3. The molecular weight excluding hydrogens is 212 g/mol. The van der Waals surface area contributed by atoms with Crippen molar-refractivity contribution in [3.63, 3.8) is 0 Å². The molecule has 0 bridgehead atoms. The van der Waals surface area contributed by atoms with E-state index in [1.54, 1.807) is 0 Å². The normalized spacial score (nSPS) is 60.4. The highest BCUT2D eigenvalue weighted by Crippen LogP contribution is 2.54. The molecule has 17 heavy (non-hydrogen) atoms. The molecule has 4 fully saturated rings. The van der Waals surface area contributed by atoms with E-state index >= 15 is 0 Å². The van der Waals surface area contributed by atoms with Gasteiger partial charge in [0, 0.05) is 0 Å². The number of epoxide rings is 2. The van der Waals surface area contributed by atoms with Gasteiger partial charge in [0.15, 0.2) is 0 Å². The molecule has 2 heterocycles. The Kier molecular flexibility index (Phi) is 2.08. The van der Waals surface area contributed by atoms with Gasteiger partial charge in [0.25, 0.3) is 0 Å². The molecule has 0 N–H and O–H groups in total. The van der Waals surface area contributed by atoms with Gasteiger partial charge < -0.3 is 9.47 Å². The van der Waals surface area contributed by atoms with Crippen LogP contribution in [0.25, 0.3) is 0 Å². The highest BCUT2D eigenvalue weighted by atomic mass is 16.6. The lowest BCUT2D eigenvalue weighted by molar-refractivity contribution is 0.208. The molecule has 2 heteroatoms. The van der Waals surface area contributed by atoms with E-state index < -0.39 is 0 Å². The van der Waals surface area contributed by atoms with Crippen LogP contribution in [-0.4, -0.2) is 23.4 Å². The van der Waals surface area contributed by atoms with Crippen LogP contribution in [-0.2, 0) is 9.47 Å². The van der Waals surface area contributed by atoms with Crippen molar-refractivity contribution in [1.82, 2.24) is 0 Å². The van der Waals surface area contributed by atoms with E-state index in [2.05, 4.69) is 13.8 Å². The summed E-state index contributed by atoms with van der Waals surface area (Å²) in [6.45, 7) is 4.62. The van der Waals surface area contributed by atoms with Crippen LogP contribution < -0.4 is 0 Å². The van der Waals surface area contributed by atoms with Crippen LogP contribution in [0.3, 0.4) is 0 Å². The summed E-state index contributed by atoms with van der Waals surface area (Å²) in [5.74, 6) is 1.84. The van der Waals surface area contributed by atoms with Gasteiger partial charge in [-0.05, 0) is 70.6 Å². The summed E-state index contributed by atoms with van der Waals surface area (Å²) in [4.78, 5) is 0. The monoisotopic (exact) mass is 236 g/mol. The summed E-state index contributed by atoms with van der Waals surface area (Å²) >= 11 is 0. The molecule has 0 aromatic carbocycles.